The molecule has 8 heteroatoms. The molecule has 1 aliphatic carbocycles. The average Bonchev–Trinajstić information content (AvgIpc) is 3.23. The number of fused-ring (bicyclic) bond motifs is 1. The fourth-order valence-electron chi connectivity index (χ4n) is 4.32. The van der Waals surface area contributed by atoms with Crippen LogP contribution in [0.25, 0.3) is 6.08 Å². The van der Waals surface area contributed by atoms with Crippen LogP contribution in [0.3, 0.4) is 0 Å². The molecule has 38 heavy (non-hydrogen) atoms. The summed E-state index contributed by atoms with van der Waals surface area (Å²) in [5, 5.41) is 6.43. The van der Waals surface area contributed by atoms with Crippen molar-refractivity contribution >= 4 is 57.6 Å². The average molecular weight is 549 g/mol. The number of esters is 1. The van der Waals surface area contributed by atoms with Crippen molar-refractivity contribution < 1.29 is 19.1 Å². The van der Waals surface area contributed by atoms with E-state index in [2.05, 4.69) is 10.6 Å². The quantitative estimate of drug-likeness (QED) is 0.171. The highest BCUT2D eigenvalue weighted by Gasteiger charge is 2.26. The molecule has 198 valence electrons. The first-order valence-electron chi connectivity index (χ1n) is 12.9. The molecular formula is C30H32N2O4S2. The normalized spacial score (nSPS) is 13.3. The van der Waals surface area contributed by atoms with Crippen molar-refractivity contribution in [3.63, 3.8) is 0 Å². The number of amides is 2. The number of hydrogen-bond acceptors (Lipinski definition) is 6. The molecule has 0 aliphatic heterocycles. The Bertz CT molecular complexity index is 1300. The van der Waals surface area contributed by atoms with E-state index >= 15 is 0 Å². The van der Waals surface area contributed by atoms with E-state index in [1.54, 1.807) is 13.0 Å². The van der Waals surface area contributed by atoms with Gasteiger partial charge in [-0.3, -0.25) is 9.59 Å². The van der Waals surface area contributed by atoms with Gasteiger partial charge >= 0.3 is 5.97 Å². The maximum absolute atomic E-state index is 12.9. The summed E-state index contributed by atoms with van der Waals surface area (Å²) in [7, 11) is 0. The molecule has 0 fully saturated rings. The summed E-state index contributed by atoms with van der Waals surface area (Å²) in [6.45, 7) is 2.08. The minimum atomic E-state index is -0.363. The van der Waals surface area contributed by atoms with E-state index < -0.39 is 0 Å². The predicted octanol–water partition coefficient (Wildman–Crippen LogP) is 6.97. The molecule has 0 saturated heterocycles. The molecule has 1 heterocycles. The van der Waals surface area contributed by atoms with E-state index in [1.807, 2.05) is 54.6 Å². The van der Waals surface area contributed by atoms with Crippen molar-refractivity contribution in [3.8, 4) is 0 Å². The summed E-state index contributed by atoms with van der Waals surface area (Å²) in [5.41, 5.74) is 3.17. The van der Waals surface area contributed by atoms with Gasteiger partial charge in [0.15, 0.2) is 0 Å². The number of thioether (sulfide) groups is 1. The van der Waals surface area contributed by atoms with Gasteiger partial charge in [-0.2, -0.15) is 0 Å². The van der Waals surface area contributed by atoms with E-state index in [-0.39, 0.29) is 23.5 Å². The number of anilines is 2. The maximum Gasteiger partial charge on any atom is 0.341 e. The maximum atomic E-state index is 12.9. The SMILES string of the molecule is CCOC(=O)c1c(NC(=O)CSc2cccc(NC(=O)/C=C/c3ccccc3)c2)sc2c1CCCCCC2. The molecule has 0 atom stereocenters. The van der Waals surface area contributed by atoms with Gasteiger partial charge in [0.1, 0.15) is 5.00 Å². The summed E-state index contributed by atoms with van der Waals surface area (Å²) in [4.78, 5) is 40.0. The number of carbonyl (C=O) groups excluding carboxylic acids is 3. The van der Waals surface area contributed by atoms with Gasteiger partial charge in [-0.25, -0.2) is 4.79 Å². The Kier molecular flexibility index (Phi) is 10.2. The molecule has 2 aromatic carbocycles. The fourth-order valence-corrected chi connectivity index (χ4v) is 6.37. The smallest absolute Gasteiger partial charge is 0.341 e. The van der Waals surface area contributed by atoms with Crippen LogP contribution in [-0.2, 0) is 27.2 Å². The molecule has 2 amide bonds. The number of ether oxygens (including phenoxy) is 1. The van der Waals surface area contributed by atoms with Crippen LogP contribution in [0.2, 0.25) is 0 Å². The Hall–Kier alpha value is -3.36. The first-order chi connectivity index (χ1) is 18.5. The third kappa shape index (κ3) is 7.82. The van der Waals surface area contributed by atoms with Gasteiger partial charge in [0.25, 0.3) is 0 Å². The van der Waals surface area contributed by atoms with Crippen LogP contribution < -0.4 is 10.6 Å². The number of rotatable bonds is 9. The molecule has 3 aromatic rings. The van der Waals surface area contributed by atoms with Gasteiger partial charge in [-0.05, 0) is 68.0 Å². The van der Waals surface area contributed by atoms with Crippen LogP contribution >= 0.6 is 23.1 Å². The van der Waals surface area contributed by atoms with Crippen LogP contribution in [0.4, 0.5) is 10.7 Å². The summed E-state index contributed by atoms with van der Waals surface area (Å²) < 4.78 is 5.34. The molecule has 0 saturated carbocycles. The molecular weight excluding hydrogens is 516 g/mol. The lowest BCUT2D eigenvalue weighted by atomic mass is 9.96. The topological polar surface area (TPSA) is 84.5 Å². The monoisotopic (exact) mass is 548 g/mol. The lowest BCUT2D eigenvalue weighted by Crippen LogP contribution is -2.17. The lowest BCUT2D eigenvalue weighted by Gasteiger charge is -2.11. The zero-order valence-electron chi connectivity index (χ0n) is 21.5. The number of carbonyl (C=O) groups is 3. The van der Waals surface area contributed by atoms with E-state index in [4.69, 9.17) is 4.74 Å². The molecule has 0 unspecified atom stereocenters. The summed E-state index contributed by atoms with van der Waals surface area (Å²) >= 11 is 2.88. The third-order valence-electron chi connectivity index (χ3n) is 6.10. The van der Waals surface area contributed by atoms with Crippen molar-refractivity contribution in [2.24, 2.45) is 0 Å². The Morgan fingerprint density at radius 3 is 2.55 bits per heavy atom. The highest BCUT2D eigenvalue weighted by molar-refractivity contribution is 8.00. The van der Waals surface area contributed by atoms with E-state index in [0.29, 0.717) is 22.9 Å². The Morgan fingerprint density at radius 2 is 1.76 bits per heavy atom. The molecule has 0 radical (unpaired) electrons. The molecule has 1 aromatic heterocycles. The largest absolute Gasteiger partial charge is 0.462 e. The van der Waals surface area contributed by atoms with Crippen molar-refractivity contribution in [2.75, 3.05) is 23.0 Å². The van der Waals surface area contributed by atoms with Crippen molar-refractivity contribution in [1.82, 2.24) is 0 Å². The van der Waals surface area contributed by atoms with Gasteiger partial charge in [0, 0.05) is 21.5 Å². The third-order valence-corrected chi connectivity index (χ3v) is 8.30. The number of aryl methyl sites for hydroxylation is 1. The van der Waals surface area contributed by atoms with Crippen LogP contribution in [0, 0.1) is 0 Å². The molecule has 0 spiro atoms. The number of thiophene rings is 1. The van der Waals surface area contributed by atoms with Crippen molar-refractivity contribution in [1.29, 1.82) is 0 Å². The highest BCUT2D eigenvalue weighted by atomic mass is 32.2. The Balaban J connectivity index is 1.37. The van der Waals surface area contributed by atoms with Gasteiger partial charge in [0.05, 0.1) is 17.9 Å². The summed E-state index contributed by atoms with van der Waals surface area (Å²) in [5.74, 6) is -0.599. The van der Waals surface area contributed by atoms with E-state index in [0.717, 1.165) is 48.1 Å². The second kappa shape index (κ2) is 14.0. The molecule has 6 nitrogen and oxygen atoms in total. The van der Waals surface area contributed by atoms with E-state index in [9.17, 15) is 14.4 Å². The first kappa shape index (κ1) is 27.7. The molecule has 4 rings (SSSR count). The zero-order chi connectivity index (χ0) is 26.7. The minimum absolute atomic E-state index is 0.177. The zero-order valence-corrected chi connectivity index (χ0v) is 23.1. The molecule has 2 N–H and O–H groups in total. The summed E-state index contributed by atoms with van der Waals surface area (Å²) in [6.07, 6.45) is 9.48. The first-order valence-corrected chi connectivity index (χ1v) is 14.7. The Morgan fingerprint density at radius 1 is 0.974 bits per heavy atom. The highest BCUT2D eigenvalue weighted by Crippen LogP contribution is 2.38. The van der Waals surface area contributed by atoms with Crippen LogP contribution in [-0.4, -0.2) is 30.1 Å². The standard InChI is InChI=1S/C30H32N2O4S2/c1-2-36-30(35)28-24-15-8-3-4-9-16-25(24)38-29(28)32-27(34)20-37-23-14-10-13-22(19-23)31-26(33)18-17-21-11-6-5-7-12-21/h5-7,10-14,17-19H,2-4,8-9,15-16,20H2,1H3,(H,31,33)(H,32,34)/b18-17+. The fraction of sp³-hybridized carbons (Fsp3) is 0.300. The van der Waals surface area contributed by atoms with Gasteiger partial charge in [0.2, 0.25) is 11.8 Å². The van der Waals surface area contributed by atoms with Crippen molar-refractivity contribution in [3.05, 3.63) is 82.2 Å². The second-order valence-electron chi connectivity index (χ2n) is 8.94. The van der Waals surface area contributed by atoms with Crippen LogP contribution in [0.5, 0.6) is 0 Å². The van der Waals surface area contributed by atoms with Gasteiger partial charge in [-0.1, -0.05) is 49.2 Å². The van der Waals surface area contributed by atoms with Gasteiger partial charge < -0.3 is 15.4 Å². The predicted molar refractivity (Wildman–Crippen MR) is 156 cm³/mol. The Labute approximate surface area is 231 Å². The van der Waals surface area contributed by atoms with Gasteiger partial charge in [-0.15, -0.1) is 23.1 Å². The molecule has 1 aliphatic rings. The minimum Gasteiger partial charge on any atom is -0.462 e. The van der Waals surface area contributed by atoms with Crippen LogP contribution in [0.15, 0.2) is 65.6 Å². The summed E-state index contributed by atoms with van der Waals surface area (Å²) in [6, 6.07) is 17.0. The molecule has 0 bridgehead atoms. The lowest BCUT2D eigenvalue weighted by molar-refractivity contribution is -0.114. The van der Waals surface area contributed by atoms with E-state index in [1.165, 1.54) is 40.5 Å². The number of benzene rings is 2. The number of hydrogen-bond donors (Lipinski definition) is 2. The van der Waals surface area contributed by atoms with Crippen LogP contribution in [0.1, 0.15) is 59.0 Å². The number of nitrogens with one attached hydrogen (secondary N) is 2. The second-order valence-corrected chi connectivity index (χ2v) is 11.1. The van der Waals surface area contributed by atoms with Crippen molar-refractivity contribution in [2.45, 2.75) is 50.3 Å².